The van der Waals surface area contributed by atoms with E-state index in [2.05, 4.69) is 10.1 Å². The van der Waals surface area contributed by atoms with E-state index >= 15 is 0 Å². The fourth-order valence-electron chi connectivity index (χ4n) is 2.88. The molecule has 0 spiro atoms. The van der Waals surface area contributed by atoms with Crippen LogP contribution in [0.5, 0.6) is 0 Å². The molecule has 0 aliphatic heterocycles. The minimum absolute atomic E-state index is 0.0823. The molecule has 31 heavy (non-hydrogen) atoms. The summed E-state index contributed by atoms with van der Waals surface area (Å²) in [6, 6.07) is 9.23. The monoisotopic (exact) mass is 482 g/mol. The van der Waals surface area contributed by atoms with Gasteiger partial charge in [-0.25, -0.2) is 18.9 Å². The highest BCUT2D eigenvalue weighted by Gasteiger charge is 2.23. The Labute approximate surface area is 194 Å². The molecule has 0 saturated heterocycles. The molecule has 1 aromatic carbocycles. The number of pyridine rings is 1. The quantitative estimate of drug-likeness (QED) is 0.412. The fraction of sp³-hybridized carbons (Fsp3) is 0.286. The van der Waals surface area contributed by atoms with E-state index in [0.717, 1.165) is 4.90 Å². The van der Waals surface area contributed by atoms with Crippen LogP contribution >= 0.6 is 35.0 Å². The van der Waals surface area contributed by atoms with Crippen LogP contribution in [-0.4, -0.2) is 37.4 Å². The molecule has 164 valence electrons. The third kappa shape index (κ3) is 6.35. The zero-order chi connectivity index (χ0) is 22.8. The van der Waals surface area contributed by atoms with Crippen molar-refractivity contribution in [2.24, 2.45) is 5.41 Å². The van der Waals surface area contributed by atoms with E-state index in [1.165, 1.54) is 39.5 Å². The lowest BCUT2D eigenvalue weighted by molar-refractivity contribution is 0.122. The first-order chi connectivity index (χ1) is 14.5. The van der Waals surface area contributed by atoms with Gasteiger partial charge in [-0.05, 0) is 35.7 Å². The van der Waals surface area contributed by atoms with Gasteiger partial charge in [0.2, 0.25) is 0 Å². The van der Waals surface area contributed by atoms with Gasteiger partial charge in [0.15, 0.2) is 0 Å². The molecule has 1 amide bonds. The van der Waals surface area contributed by atoms with Crippen LogP contribution in [0.1, 0.15) is 26.5 Å². The molecule has 0 bridgehead atoms. The van der Waals surface area contributed by atoms with Crippen molar-refractivity contribution >= 4 is 41.1 Å². The number of rotatable bonds is 6. The van der Waals surface area contributed by atoms with Crippen molar-refractivity contribution in [2.75, 3.05) is 6.54 Å². The van der Waals surface area contributed by atoms with Gasteiger partial charge < -0.3 is 10.0 Å². The third-order valence-corrected chi connectivity index (χ3v) is 5.60. The number of aromatic nitrogens is 3. The number of carboxylic acid groups (broad SMARTS) is 1. The van der Waals surface area contributed by atoms with E-state index in [1.807, 2.05) is 20.8 Å². The normalized spacial score (nSPS) is 11.5. The molecule has 2 heterocycles. The third-order valence-electron chi connectivity index (χ3n) is 4.07. The summed E-state index contributed by atoms with van der Waals surface area (Å²) < 4.78 is 15.4. The Kier molecular flexibility index (Phi) is 7.13. The molecule has 3 rings (SSSR count). The molecule has 2 aromatic heterocycles. The van der Waals surface area contributed by atoms with Crippen molar-refractivity contribution in [1.82, 2.24) is 19.7 Å². The summed E-state index contributed by atoms with van der Waals surface area (Å²) in [7, 11) is 0. The zero-order valence-electron chi connectivity index (χ0n) is 17.1. The van der Waals surface area contributed by atoms with Crippen LogP contribution in [0.2, 0.25) is 10.2 Å². The van der Waals surface area contributed by atoms with Crippen LogP contribution in [0.25, 0.3) is 5.69 Å². The molecular weight excluding hydrogens is 462 g/mol. The molecule has 0 radical (unpaired) electrons. The van der Waals surface area contributed by atoms with Crippen LogP contribution < -0.4 is 0 Å². The largest absolute Gasteiger partial charge is 0.465 e. The Morgan fingerprint density at radius 2 is 1.97 bits per heavy atom. The first-order valence-corrected chi connectivity index (χ1v) is 10.9. The van der Waals surface area contributed by atoms with Crippen LogP contribution in [-0.2, 0) is 6.54 Å². The Morgan fingerprint density at radius 1 is 1.23 bits per heavy atom. The molecule has 0 unspecified atom stereocenters. The SMILES string of the molecule is CC(C)(C)CN(Cc1cc(Sc2ccc(Cl)nc2)n(-c2cc(F)ccc2Cl)n1)C(=O)O. The maximum absolute atomic E-state index is 13.9. The lowest BCUT2D eigenvalue weighted by Crippen LogP contribution is -2.36. The number of hydrogen-bond acceptors (Lipinski definition) is 4. The Morgan fingerprint density at radius 3 is 2.58 bits per heavy atom. The number of carbonyl (C=O) groups is 1. The highest BCUT2D eigenvalue weighted by atomic mass is 35.5. The van der Waals surface area contributed by atoms with Crippen LogP contribution in [0.4, 0.5) is 9.18 Å². The van der Waals surface area contributed by atoms with Crippen molar-refractivity contribution in [3.8, 4) is 5.69 Å². The molecular formula is C21H21Cl2FN4O2S. The first kappa shape index (κ1) is 23.4. The van der Waals surface area contributed by atoms with E-state index < -0.39 is 11.9 Å². The van der Waals surface area contributed by atoms with Crippen molar-refractivity contribution < 1.29 is 14.3 Å². The second-order valence-corrected chi connectivity index (χ2v) is 9.99. The van der Waals surface area contributed by atoms with Gasteiger partial charge in [0.05, 0.1) is 22.9 Å². The van der Waals surface area contributed by atoms with Gasteiger partial charge in [-0.3, -0.25) is 0 Å². The van der Waals surface area contributed by atoms with Gasteiger partial charge in [-0.15, -0.1) is 0 Å². The first-order valence-electron chi connectivity index (χ1n) is 9.33. The van der Waals surface area contributed by atoms with Crippen LogP contribution in [0.3, 0.4) is 0 Å². The predicted octanol–water partition coefficient (Wildman–Crippen LogP) is 6.39. The summed E-state index contributed by atoms with van der Waals surface area (Å²) in [6.07, 6.45) is 0.574. The zero-order valence-corrected chi connectivity index (χ0v) is 19.5. The van der Waals surface area contributed by atoms with Gasteiger partial charge in [-0.1, -0.05) is 55.7 Å². The highest BCUT2D eigenvalue weighted by Crippen LogP contribution is 2.33. The Hall–Kier alpha value is -2.29. The van der Waals surface area contributed by atoms with E-state index in [0.29, 0.717) is 33.1 Å². The van der Waals surface area contributed by atoms with Crippen LogP contribution in [0.15, 0.2) is 52.5 Å². The predicted molar refractivity (Wildman–Crippen MR) is 120 cm³/mol. The van der Waals surface area contributed by atoms with Gasteiger partial charge in [0.25, 0.3) is 0 Å². The molecule has 0 saturated carbocycles. The topological polar surface area (TPSA) is 71.2 Å². The summed E-state index contributed by atoms with van der Waals surface area (Å²) in [5.41, 5.74) is 0.644. The van der Waals surface area contributed by atoms with Crippen molar-refractivity contribution in [3.63, 3.8) is 0 Å². The van der Waals surface area contributed by atoms with E-state index in [9.17, 15) is 14.3 Å². The molecule has 10 heteroatoms. The average molecular weight is 483 g/mol. The molecule has 1 N–H and O–H groups in total. The second kappa shape index (κ2) is 9.46. The van der Waals surface area contributed by atoms with Gasteiger partial charge in [0.1, 0.15) is 16.0 Å². The van der Waals surface area contributed by atoms with Gasteiger partial charge in [0, 0.05) is 23.7 Å². The Balaban J connectivity index is 2.01. The minimum Gasteiger partial charge on any atom is -0.465 e. The molecule has 3 aromatic rings. The maximum atomic E-state index is 13.9. The number of hydrogen-bond donors (Lipinski definition) is 1. The Bertz CT molecular complexity index is 1080. The maximum Gasteiger partial charge on any atom is 0.407 e. The number of halogens is 3. The van der Waals surface area contributed by atoms with E-state index in [-0.39, 0.29) is 12.0 Å². The lowest BCUT2D eigenvalue weighted by atomic mass is 9.96. The summed E-state index contributed by atoms with van der Waals surface area (Å²) >= 11 is 13.5. The van der Waals surface area contributed by atoms with Crippen molar-refractivity contribution in [2.45, 2.75) is 37.2 Å². The average Bonchev–Trinajstić information content (AvgIpc) is 3.06. The van der Waals surface area contributed by atoms with Crippen molar-refractivity contribution in [1.29, 1.82) is 0 Å². The highest BCUT2D eigenvalue weighted by molar-refractivity contribution is 7.99. The standard InChI is InChI=1S/C21H21Cl2FN4O2S/c1-21(2,3)12-27(20(29)30)11-14-9-19(31-15-5-7-18(23)25-10-15)28(26-14)17-8-13(24)4-6-16(17)22/h4-10H,11-12H2,1-3H3,(H,29,30). The van der Waals surface area contributed by atoms with Crippen molar-refractivity contribution in [3.05, 3.63) is 64.3 Å². The molecule has 0 atom stereocenters. The van der Waals surface area contributed by atoms with Crippen LogP contribution in [0, 0.1) is 11.2 Å². The summed E-state index contributed by atoms with van der Waals surface area (Å²) in [6.45, 7) is 6.30. The lowest BCUT2D eigenvalue weighted by Gasteiger charge is -2.27. The smallest absolute Gasteiger partial charge is 0.407 e. The van der Waals surface area contributed by atoms with E-state index in [4.69, 9.17) is 23.2 Å². The fourth-order valence-corrected chi connectivity index (χ4v) is 4.10. The summed E-state index contributed by atoms with van der Waals surface area (Å²) in [5.74, 6) is -0.458. The van der Waals surface area contributed by atoms with Gasteiger partial charge in [-0.2, -0.15) is 5.10 Å². The number of benzene rings is 1. The number of amides is 1. The minimum atomic E-state index is -1.04. The molecule has 0 fully saturated rings. The number of nitrogens with zero attached hydrogens (tertiary/aromatic N) is 4. The molecule has 6 nitrogen and oxygen atoms in total. The molecule has 0 aliphatic carbocycles. The van der Waals surface area contributed by atoms with E-state index in [1.54, 1.807) is 24.4 Å². The second-order valence-electron chi connectivity index (χ2n) is 8.10. The van der Waals surface area contributed by atoms with Gasteiger partial charge >= 0.3 is 6.09 Å². The summed E-state index contributed by atoms with van der Waals surface area (Å²) in [4.78, 5) is 17.9. The summed E-state index contributed by atoms with van der Waals surface area (Å²) in [5, 5.41) is 15.5. The molecule has 0 aliphatic rings.